The first-order valence-corrected chi connectivity index (χ1v) is 5.12. The van der Waals surface area contributed by atoms with Crippen LogP contribution < -0.4 is 11.5 Å². The molecule has 0 aliphatic carbocycles. The van der Waals surface area contributed by atoms with Crippen LogP contribution in [0.2, 0.25) is 0 Å². The molecule has 0 fully saturated rings. The number of phenolic OH excluding ortho intramolecular Hbond substituents is 1. The fourth-order valence-corrected chi connectivity index (χ4v) is 1.72. The Balaban J connectivity index is 3.38. The van der Waals surface area contributed by atoms with Crippen LogP contribution in [0, 0.1) is 0 Å². The molecule has 1 atom stereocenters. The van der Waals surface area contributed by atoms with Crippen molar-refractivity contribution >= 4 is 15.9 Å². The van der Waals surface area contributed by atoms with Crippen LogP contribution in [-0.4, -0.2) is 11.7 Å². The molecule has 0 aliphatic rings. The number of alkyl halides is 3. The monoisotopic (exact) mass is 298 g/mol. The molecule has 0 spiro atoms. The smallest absolute Gasteiger partial charge is 0.420 e. The standard InChI is InChI=1S/C9H10BrF3N2O/c10-4-1-5(7(15)3-14)8(16)6(2-4)9(11,12)13/h1-2,7,16H,3,14-15H2/t7-/m0/s1. The van der Waals surface area contributed by atoms with Crippen LogP contribution in [0.15, 0.2) is 16.6 Å². The molecule has 0 saturated heterocycles. The van der Waals surface area contributed by atoms with E-state index in [0.29, 0.717) is 0 Å². The van der Waals surface area contributed by atoms with E-state index in [1.54, 1.807) is 0 Å². The molecule has 90 valence electrons. The van der Waals surface area contributed by atoms with E-state index in [2.05, 4.69) is 15.9 Å². The van der Waals surface area contributed by atoms with Gasteiger partial charge in [0.1, 0.15) is 5.75 Å². The lowest BCUT2D eigenvalue weighted by atomic mass is 10.0. The molecule has 0 unspecified atom stereocenters. The summed E-state index contributed by atoms with van der Waals surface area (Å²) in [5, 5.41) is 9.47. The summed E-state index contributed by atoms with van der Waals surface area (Å²) < 4.78 is 37.8. The van der Waals surface area contributed by atoms with E-state index >= 15 is 0 Å². The topological polar surface area (TPSA) is 72.3 Å². The number of phenols is 1. The number of aromatic hydroxyl groups is 1. The van der Waals surface area contributed by atoms with Crippen LogP contribution in [0.5, 0.6) is 5.75 Å². The van der Waals surface area contributed by atoms with E-state index in [1.165, 1.54) is 6.07 Å². The molecule has 0 saturated carbocycles. The van der Waals surface area contributed by atoms with Gasteiger partial charge in [0, 0.05) is 22.6 Å². The van der Waals surface area contributed by atoms with Crippen molar-refractivity contribution in [2.24, 2.45) is 11.5 Å². The molecule has 1 aromatic carbocycles. The zero-order valence-electron chi connectivity index (χ0n) is 8.05. The third kappa shape index (κ3) is 2.66. The molecule has 7 heteroatoms. The van der Waals surface area contributed by atoms with E-state index in [4.69, 9.17) is 11.5 Å². The fourth-order valence-electron chi connectivity index (χ4n) is 1.25. The first-order valence-electron chi connectivity index (χ1n) is 4.32. The van der Waals surface area contributed by atoms with E-state index < -0.39 is 23.5 Å². The van der Waals surface area contributed by atoms with Crippen molar-refractivity contribution in [3.63, 3.8) is 0 Å². The minimum absolute atomic E-state index is 0.0239. The van der Waals surface area contributed by atoms with Crippen molar-refractivity contribution in [3.8, 4) is 5.75 Å². The van der Waals surface area contributed by atoms with Gasteiger partial charge in [-0.05, 0) is 12.1 Å². The van der Waals surface area contributed by atoms with E-state index in [0.717, 1.165) is 6.07 Å². The Morgan fingerprint density at radius 1 is 1.38 bits per heavy atom. The molecule has 16 heavy (non-hydrogen) atoms. The summed E-state index contributed by atoms with van der Waals surface area (Å²) in [5.74, 6) is -0.867. The second-order valence-electron chi connectivity index (χ2n) is 3.23. The van der Waals surface area contributed by atoms with Crippen molar-refractivity contribution in [2.45, 2.75) is 12.2 Å². The lowest BCUT2D eigenvalue weighted by Gasteiger charge is -2.16. The summed E-state index contributed by atoms with van der Waals surface area (Å²) in [6.45, 7) is -0.0543. The predicted molar refractivity (Wildman–Crippen MR) is 56.8 cm³/mol. The minimum atomic E-state index is -4.63. The second-order valence-corrected chi connectivity index (χ2v) is 4.15. The van der Waals surface area contributed by atoms with Crippen molar-refractivity contribution in [1.29, 1.82) is 0 Å². The van der Waals surface area contributed by atoms with Gasteiger partial charge in [-0.15, -0.1) is 0 Å². The van der Waals surface area contributed by atoms with Crippen molar-refractivity contribution in [1.82, 2.24) is 0 Å². The average Bonchev–Trinajstić information content (AvgIpc) is 2.18. The van der Waals surface area contributed by atoms with Crippen molar-refractivity contribution in [3.05, 3.63) is 27.7 Å². The van der Waals surface area contributed by atoms with E-state index in [1.807, 2.05) is 0 Å². The summed E-state index contributed by atoms with van der Waals surface area (Å²) in [4.78, 5) is 0. The number of halogens is 4. The van der Waals surface area contributed by atoms with Crippen molar-refractivity contribution < 1.29 is 18.3 Å². The summed E-state index contributed by atoms with van der Waals surface area (Å²) >= 11 is 2.93. The molecule has 0 aliphatic heterocycles. The number of rotatable bonds is 2. The highest BCUT2D eigenvalue weighted by atomic mass is 79.9. The van der Waals surface area contributed by atoms with E-state index in [-0.39, 0.29) is 16.6 Å². The average molecular weight is 299 g/mol. The van der Waals surface area contributed by atoms with Gasteiger partial charge >= 0.3 is 6.18 Å². The van der Waals surface area contributed by atoms with Gasteiger partial charge < -0.3 is 16.6 Å². The summed E-state index contributed by atoms with van der Waals surface area (Å²) in [7, 11) is 0. The second kappa shape index (κ2) is 4.60. The summed E-state index contributed by atoms with van der Waals surface area (Å²) in [5.41, 5.74) is 9.60. The van der Waals surface area contributed by atoms with Crippen LogP contribution in [0.3, 0.4) is 0 Å². The van der Waals surface area contributed by atoms with Crippen LogP contribution in [0.1, 0.15) is 17.2 Å². The third-order valence-electron chi connectivity index (χ3n) is 2.06. The van der Waals surface area contributed by atoms with Crippen LogP contribution in [0.4, 0.5) is 13.2 Å². The highest BCUT2D eigenvalue weighted by molar-refractivity contribution is 9.10. The van der Waals surface area contributed by atoms with Gasteiger partial charge in [0.05, 0.1) is 5.56 Å². The molecular formula is C9H10BrF3N2O. The zero-order chi connectivity index (χ0) is 12.5. The van der Waals surface area contributed by atoms with E-state index in [9.17, 15) is 18.3 Å². The molecule has 1 rings (SSSR count). The maximum atomic E-state index is 12.5. The normalized spacial score (nSPS) is 13.9. The molecule has 0 bridgehead atoms. The number of hydrogen-bond donors (Lipinski definition) is 3. The Kier molecular flexibility index (Phi) is 3.82. The highest BCUT2D eigenvalue weighted by Crippen LogP contribution is 2.40. The molecule has 0 amide bonds. The molecule has 0 radical (unpaired) electrons. The van der Waals surface area contributed by atoms with Gasteiger partial charge in [-0.2, -0.15) is 13.2 Å². The summed E-state index contributed by atoms with van der Waals surface area (Å²) in [6.07, 6.45) is -4.63. The maximum absolute atomic E-state index is 12.5. The molecular weight excluding hydrogens is 289 g/mol. The summed E-state index contributed by atoms with van der Waals surface area (Å²) in [6, 6.07) is 1.28. The molecule has 1 aromatic rings. The van der Waals surface area contributed by atoms with Crippen molar-refractivity contribution in [2.75, 3.05) is 6.54 Å². The first kappa shape index (κ1) is 13.3. The van der Waals surface area contributed by atoms with Crippen LogP contribution >= 0.6 is 15.9 Å². The van der Waals surface area contributed by atoms with Gasteiger partial charge in [0.25, 0.3) is 0 Å². The highest BCUT2D eigenvalue weighted by Gasteiger charge is 2.35. The Morgan fingerprint density at radius 2 is 1.94 bits per heavy atom. The minimum Gasteiger partial charge on any atom is -0.507 e. The lowest BCUT2D eigenvalue weighted by Crippen LogP contribution is -2.21. The van der Waals surface area contributed by atoms with Gasteiger partial charge in [0.15, 0.2) is 0 Å². The van der Waals surface area contributed by atoms with Gasteiger partial charge in [-0.1, -0.05) is 15.9 Å². The van der Waals surface area contributed by atoms with Gasteiger partial charge in [-0.3, -0.25) is 0 Å². The molecule has 5 N–H and O–H groups in total. The Morgan fingerprint density at radius 3 is 2.38 bits per heavy atom. The third-order valence-corrected chi connectivity index (χ3v) is 2.52. The molecule has 3 nitrogen and oxygen atoms in total. The zero-order valence-corrected chi connectivity index (χ0v) is 9.64. The van der Waals surface area contributed by atoms with Gasteiger partial charge in [0.2, 0.25) is 0 Å². The first-order chi connectivity index (χ1) is 7.27. The fraction of sp³-hybridized carbons (Fsp3) is 0.333. The van der Waals surface area contributed by atoms with Gasteiger partial charge in [-0.25, -0.2) is 0 Å². The molecule has 0 heterocycles. The Hall–Kier alpha value is -0.790. The lowest BCUT2D eigenvalue weighted by molar-refractivity contribution is -0.138. The Bertz CT molecular complexity index is 395. The SMILES string of the molecule is NC[C@H](N)c1cc(Br)cc(C(F)(F)F)c1O. The van der Waals surface area contributed by atoms with Crippen LogP contribution in [-0.2, 0) is 6.18 Å². The largest absolute Gasteiger partial charge is 0.507 e. The van der Waals surface area contributed by atoms with Crippen LogP contribution in [0.25, 0.3) is 0 Å². The maximum Gasteiger partial charge on any atom is 0.420 e. The number of benzene rings is 1. The Labute approximate surface area is 98.4 Å². The number of nitrogens with two attached hydrogens (primary N) is 2. The molecule has 0 aromatic heterocycles. The quantitative estimate of drug-likeness (QED) is 0.783. The predicted octanol–water partition coefficient (Wildman–Crippen LogP) is 2.13. The number of hydrogen-bond acceptors (Lipinski definition) is 3.